The standard InChI is InChI=1S/C12H10F6.C3H8.C2H6/c1-6(2)9-4-8(11(13,14)15)5-10(7(9)3)12(16,17)18;1-3-2;1-2/h4-5H,1H2,2-3H3;3H2,1-2H3;1-2H3. The molecule has 6 heteroatoms. The highest BCUT2D eigenvalue weighted by Gasteiger charge is 2.38. The number of alkyl halides is 6. The molecule has 0 bridgehead atoms. The first kappa shape index (κ1) is 23.8. The van der Waals surface area contributed by atoms with Crippen LogP contribution in [0.5, 0.6) is 0 Å². The highest BCUT2D eigenvalue weighted by atomic mass is 19.4. The zero-order chi connectivity index (χ0) is 19.0. The Bertz CT molecular complexity index is 495. The normalized spacial score (nSPS) is 11.0. The second-order valence-electron chi connectivity index (χ2n) is 4.68. The van der Waals surface area contributed by atoms with Gasteiger partial charge in [-0.25, -0.2) is 0 Å². The van der Waals surface area contributed by atoms with Crippen LogP contribution in [0, 0.1) is 6.92 Å². The molecule has 0 fully saturated rings. The third-order valence-electron chi connectivity index (χ3n) is 2.50. The topological polar surface area (TPSA) is 0 Å². The minimum Gasteiger partial charge on any atom is -0.166 e. The van der Waals surface area contributed by atoms with E-state index >= 15 is 0 Å². The van der Waals surface area contributed by atoms with Crippen LogP contribution in [0.25, 0.3) is 5.57 Å². The van der Waals surface area contributed by atoms with Gasteiger partial charge in [0.2, 0.25) is 0 Å². The Morgan fingerprint density at radius 1 is 0.957 bits per heavy atom. The summed E-state index contributed by atoms with van der Waals surface area (Å²) in [5.74, 6) is 0. The van der Waals surface area contributed by atoms with Gasteiger partial charge < -0.3 is 0 Å². The van der Waals surface area contributed by atoms with Gasteiger partial charge in [-0.3, -0.25) is 0 Å². The lowest BCUT2D eigenvalue weighted by Crippen LogP contribution is -2.14. The molecule has 1 rings (SSSR count). The minimum absolute atomic E-state index is 0.127. The van der Waals surface area contributed by atoms with Crippen LogP contribution in [0.3, 0.4) is 0 Å². The van der Waals surface area contributed by atoms with Crippen molar-refractivity contribution >= 4 is 5.57 Å². The number of allylic oxidation sites excluding steroid dienone is 1. The van der Waals surface area contributed by atoms with Gasteiger partial charge in [-0.05, 0) is 37.1 Å². The first-order chi connectivity index (χ1) is 10.4. The average Bonchev–Trinajstić information content (AvgIpc) is 2.39. The molecule has 0 N–H and O–H groups in total. The molecule has 0 heterocycles. The van der Waals surface area contributed by atoms with E-state index in [0.717, 1.165) is 6.92 Å². The monoisotopic (exact) mass is 342 g/mol. The summed E-state index contributed by atoms with van der Waals surface area (Å²) in [6.07, 6.45) is -8.40. The largest absolute Gasteiger partial charge is 0.416 e. The van der Waals surface area contributed by atoms with E-state index in [1.165, 1.54) is 13.3 Å². The molecule has 0 atom stereocenters. The highest BCUT2D eigenvalue weighted by molar-refractivity contribution is 5.67. The zero-order valence-electron chi connectivity index (χ0n) is 14.3. The predicted octanol–water partition coefficient (Wildman–Crippen LogP) is 7.51. The quantitative estimate of drug-likeness (QED) is 0.463. The van der Waals surface area contributed by atoms with Crippen molar-refractivity contribution in [3.63, 3.8) is 0 Å². The van der Waals surface area contributed by atoms with Gasteiger partial charge in [0, 0.05) is 0 Å². The molecule has 0 unspecified atom stereocenters. The molecule has 0 aliphatic carbocycles. The fourth-order valence-electron chi connectivity index (χ4n) is 1.62. The van der Waals surface area contributed by atoms with E-state index in [2.05, 4.69) is 20.4 Å². The Morgan fingerprint density at radius 2 is 1.35 bits per heavy atom. The lowest BCUT2D eigenvalue weighted by molar-refractivity contribution is -0.143. The van der Waals surface area contributed by atoms with Crippen molar-refractivity contribution in [2.45, 2.75) is 60.3 Å². The van der Waals surface area contributed by atoms with E-state index < -0.39 is 23.5 Å². The number of rotatable bonds is 1. The van der Waals surface area contributed by atoms with Crippen LogP contribution in [0.2, 0.25) is 0 Å². The number of halogens is 6. The Kier molecular flexibility index (Phi) is 9.96. The van der Waals surface area contributed by atoms with Gasteiger partial charge in [-0.2, -0.15) is 26.3 Å². The van der Waals surface area contributed by atoms with Crippen LogP contribution < -0.4 is 0 Å². The van der Waals surface area contributed by atoms with E-state index in [-0.39, 0.29) is 22.8 Å². The summed E-state index contributed by atoms with van der Waals surface area (Å²) in [7, 11) is 0. The number of hydrogen-bond acceptors (Lipinski definition) is 0. The van der Waals surface area contributed by atoms with Gasteiger partial charge in [0.1, 0.15) is 0 Å². The van der Waals surface area contributed by atoms with Crippen LogP contribution in [0.4, 0.5) is 26.3 Å². The smallest absolute Gasteiger partial charge is 0.166 e. The molecular weight excluding hydrogens is 318 g/mol. The molecule has 0 amide bonds. The maximum Gasteiger partial charge on any atom is 0.416 e. The third kappa shape index (κ3) is 7.57. The summed E-state index contributed by atoms with van der Waals surface area (Å²) in [6, 6.07) is 0.814. The summed E-state index contributed by atoms with van der Waals surface area (Å²) in [5.41, 5.74) is -2.82. The van der Waals surface area contributed by atoms with Crippen LogP contribution >= 0.6 is 0 Å². The first-order valence-corrected chi connectivity index (χ1v) is 7.31. The van der Waals surface area contributed by atoms with Gasteiger partial charge in [0.05, 0.1) is 11.1 Å². The molecule has 0 saturated carbocycles. The zero-order valence-corrected chi connectivity index (χ0v) is 14.3. The number of benzene rings is 1. The minimum atomic E-state index is -4.82. The van der Waals surface area contributed by atoms with Crippen LogP contribution in [-0.4, -0.2) is 0 Å². The lowest BCUT2D eigenvalue weighted by Gasteiger charge is -2.17. The first-order valence-electron chi connectivity index (χ1n) is 7.31. The van der Waals surface area contributed by atoms with Crippen LogP contribution in [-0.2, 0) is 12.4 Å². The molecule has 0 aliphatic heterocycles. The second-order valence-corrected chi connectivity index (χ2v) is 4.68. The van der Waals surface area contributed by atoms with Gasteiger partial charge in [-0.1, -0.05) is 46.3 Å². The van der Waals surface area contributed by atoms with Gasteiger partial charge in [-0.15, -0.1) is 0 Å². The van der Waals surface area contributed by atoms with Crippen molar-refractivity contribution in [1.82, 2.24) is 0 Å². The summed E-state index contributed by atoms with van der Waals surface area (Å²) in [4.78, 5) is 0. The van der Waals surface area contributed by atoms with E-state index in [1.54, 1.807) is 0 Å². The van der Waals surface area contributed by atoms with Crippen molar-refractivity contribution in [3.8, 4) is 0 Å². The van der Waals surface area contributed by atoms with E-state index in [0.29, 0.717) is 6.07 Å². The van der Waals surface area contributed by atoms with Crippen LogP contribution in [0.15, 0.2) is 18.7 Å². The summed E-state index contributed by atoms with van der Waals surface area (Å²) in [5, 5.41) is 0. The van der Waals surface area contributed by atoms with Gasteiger partial charge in [0.25, 0.3) is 0 Å². The molecule has 0 radical (unpaired) electrons. The Hall–Kier alpha value is -1.46. The van der Waals surface area contributed by atoms with E-state index in [9.17, 15) is 26.3 Å². The maximum atomic E-state index is 12.7. The molecule has 1 aromatic rings. The Balaban J connectivity index is 0. The second kappa shape index (κ2) is 9.63. The lowest BCUT2D eigenvalue weighted by atomic mass is 9.94. The Morgan fingerprint density at radius 3 is 1.61 bits per heavy atom. The van der Waals surface area contributed by atoms with Crippen molar-refractivity contribution < 1.29 is 26.3 Å². The van der Waals surface area contributed by atoms with Crippen molar-refractivity contribution in [2.24, 2.45) is 0 Å². The molecule has 0 aliphatic rings. The Labute approximate surface area is 134 Å². The molecule has 1 aromatic carbocycles. The fraction of sp³-hybridized carbons (Fsp3) is 0.529. The highest BCUT2D eigenvalue weighted by Crippen LogP contribution is 2.39. The summed E-state index contributed by atoms with van der Waals surface area (Å²) < 4.78 is 75.6. The molecule has 0 aromatic heterocycles. The molecule has 0 saturated heterocycles. The average molecular weight is 342 g/mol. The fourth-order valence-corrected chi connectivity index (χ4v) is 1.62. The van der Waals surface area contributed by atoms with Crippen molar-refractivity contribution in [1.29, 1.82) is 0 Å². The molecule has 23 heavy (non-hydrogen) atoms. The van der Waals surface area contributed by atoms with Crippen molar-refractivity contribution in [3.05, 3.63) is 41.0 Å². The maximum absolute atomic E-state index is 12.7. The van der Waals surface area contributed by atoms with E-state index in [1.807, 2.05) is 13.8 Å². The van der Waals surface area contributed by atoms with Crippen LogP contribution in [0.1, 0.15) is 63.3 Å². The van der Waals surface area contributed by atoms with E-state index in [4.69, 9.17) is 0 Å². The third-order valence-corrected chi connectivity index (χ3v) is 2.50. The summed E-state index contributed by atoms with van der Waals surface area (Å²) in [6.45, 7) is 14.1. The predicted molar refractivity (Wildman–Crippen MR) is 83.2 cm³/mol. The summed E-state index contributed by atoms with van der Waals surface area (Å²) >= 11 is 0. The molecule has 0 spiro atoms. The molecule has 0 nitrogen and oxygen atoms in total. The molecular formula is C17H24F6. The number of hydrogen-bond donors (Lipinski definition) is 0. The van der Waals surface area contributed by atoms with Crippen molar-refractivity contribution in [2.75, 3.05) is 0 Å². The SMILES string of the molecule is C=C(C)c1cc(C(F)(F)F)cc(C(F)(F)F)c1C.CC.CCC. The molecule has 134 valence electrons. The van der Waals surface area contributed by atoms with Gasteiger partial charge >= 0.3 is 12.4 Å². The van der Waals surface area contributed by atoms with Gasteiger partial charge in [0.15, 0.2) is 0 Å².